The van der Waals surface area contributed by atoms with Crippen molar-refractivity contribution in [3.05, 3.63) is 30.1 Å². The molecule has 0 radical (unpaired) electrons. The summed E-state index contributed by atoms with van der Waals surface area (Å²) in [5.41, 5.74) is 1.14. The Labute approximate surface area is 89.3 Å². The number of halogens is 1. The molecule has 12 heavy (non-hydrogen) atoms. The van der Waals surface area contributed by atoms with Crippen molar-refractivity contribution in [3.8, 4) is 0 Å². The van der Waals surface area contributed by atoms with E-state index in [2.05, 4.69) is 43.9 Å². The van der Waals surface area contributed by atoms with Crippen LogP contribution < -0.4 is 4.72 Å². The molecule has 0 saturated carbocycles. The lowest BCUT2D eigenvalue weighted by molar-refractivity contribution is 0.680. The van der Waals surface area contributed by atoms with Gasteiger partial charge in [0.15, 0.2) is 0 Å². The van der Waals surface area contributed by atoms with E-state index < -0.39 is 0 Å². The number of hydrogen-bond acceptors (Lipinski definition) is 3. The van der Waals surface area contributed by atoms with E-state index in [1.54, 1.807) is 9.12 Å². The SMILES string of the molecule is CC(Cc1ccccn1)NSI. The van der Waals surface area contributed by atoms with Gasteiger partial charge in [-0.15, -0.1) is 0 Å². The highest BCUT2D eigenvalue weighted by molar-refractivity contribution is 14.2. The highest BCUT2D eigenvalue weighted by atomic mass is 127. The molecule has 0 aliphatic heterocycles. The zero-order chi connectivity index (χ0) is 8.81. The molecule has 0 spiro atoms. The maximum absolute atomic E-state index is 4.25. The van der Waals surface area contributed by atoms with Gasteiger partial charge in [-0.1, -0.05) is 6.07 Å². The normalized spacial score (nSPS) is 12.8. The molecule has 1 heterocycles. The van der Waals surface area contributed by atoms with Crippen LogP contribution in [0.4, 0.5) is 0 Å². The van der Waals surface area contributed by atoms with Crippen LogP contribution in [0, 0.1) is 0 Å². The average Bonchev–Trinajstić information content (AvgIpc) is 2.06. The highest BCUT2D eigenvalue weighted by Gasteiger charge is 2.01. The number of hydrogen-bond donors (Lipinski definition) is 1. The molecule has 0 aliphatic rings. The quantitative estimate of drug-likeness (QED) is 0.682. The molecule has 0 saturated heterocycles. The Morgan fingerprint density at radius 2 is 2.50 bits per heavy atom. The van der Waals surface area contributed by atoms with Crippen molar-refractivity contribution in [3.63, 3.8) is 0 Å². The molecule has 1 atom stereocenters. The van der Waals surface area contributed by atoms with E-state index in [0.717, 1.165) is 12.1 Å². The summed E-state index contributed by atoms with van der Waals surface area (Å²) in [6.45, 7) is 2.15. The third kappa shape index (κ3) is 3.73. The smallest absolute Gasteiger partial charge is 0.0419 e. The van der Waals surface area contributed by atoms with Crippen molar-refractivity contribution in [2.24, 2.45) is 0 Å². The van der Waals surface area contributed by atoms with Crippen molar-refractivity contribution in [2.75, 3.05) is 0 Å². The second-order valence-corrected chi connectivity index (χ2v) is 4.33. The van der Waals surface area contributed by atoms with Gasteiger partial charge in [0.25, 0.3) is 0 Å². The maximum atomic E-state index is 4.25. The van der Waals surface area contributed by atoms with Crippen LogP contribution in [0.25, 0.3) is 0 Å². The molecule has 0 amide bonds. The van der Waals surface area contributed by atoms with E-state index in [1.807, 2.05) is 18.3 Å². The standard InChI is InChI=1S/C8H11IN2S/c1-7(11-12-9)6-8-4-2-3-5-10-8/h2-5,7,11H,6H2,1H3. The van der Waals surface area contributed by atoms with Crippen molar-refractivity contribution in [1.29, 1.82) is 0 Å². The minimum atomic E-state index is 0.474. The van der Waals surface area contributed by atoms with Crippen LogP contribution in [-0.2, 0) is 6.42 Å². The van der Waals surface area contributed by atoms with Crippen LogP contribution in [0.2, 0.25) is 0 Å². The predicted molar refractivity (Wildman–Crippen MR) is 62.1 cm³/mol. The molecule has 0 fully saturated rings. The molecule has 1 N–H and O–H groups in total. The van der Waals surface area contributed by atoms with E-state index in [1.165, 1.54) is 0 Å². The Hall–Kier alpha value is 0.190. The van der Waals surface area contributed by atoms with E-state index in [-0.39, 0.29) is 0 Å². The van der Waals surface area contributed by atoms with Crippen LogP contribution in [0.3, 0.4) is 0 Å². The Morgan fingerprint density at radius 1 is 1.67 bits per heavy atom. The van der Waals surface area contributed by atoms with E-state index in [4.69, 9.17) is 0 Å². The third-order valence-electron chi connectivity index (χ3n) is 1.49. The first-order valence-electron chi connectivity index (χ1n) is 3.76. The first kappa shape index (κ1) is 10.3. The molecule has 4 heteroatoms. The predicted octanol–water partition coefficient (Wildman–Crippen LogP) is 2.60. The van der Waals surface area contributed by atoms with Gasteiger partial charge in [0.05, 0.1) is 0 Å². The summed E-state index contributed by atoms with van der Waals surface area (Å²) in [7, 11) is 1.62. The Bertz CT molecular complexity index is 218. The van der Waals surface area contributed by atoms with Crippen molar-refractivity contribution in [2.45, 2.75) is 19.4 Å². The van der Waals surface area contributed by atoms with Gasteiger partial charge in [0.1, 0.15) is 0 Å². The summed E-state index contributed by atoms with van der Waals surface area (Å²) < 4.78 is 3.26. The summed E-state index contributed by atoms with van der Waals surface area (Å²) in [4.78, 5) is 4.25. The molecular weight excluding hydrogens is 283 g/mol. The fraction of sp³-hybridized carbons (Fsp3) is 0.375. The van der Waals surface area contributed by atoms with Crippen LogP contribution in [-0.4, -0.2) is 11.0 Å². The average molecular weight is 294 g/mol. The van der Waals surface area contributed by atoms with Gasteiger partial charge in [-0.25, -0.2) is 0 Å². The lowest BCUT2D eigenvalue weighted by Gasteiger charge is -2.08. The largest absolute Gasteiger partial charge is 0.261 e. The fourth-order valence-electron chi connectivity index (χ4n) is 0.950. The minimum Gasteiger partial charge on any atom is -0.261 e. The lowest BCUT2D eigenvalue weighted by atomic mass is 10.2. The van der Waals surface area contributed by atoms with Crippen LogP contribution >= 0.6 is 30.3 Å². The van der Waals surface area contributed by atoms with Gasteiger partial charge in [-0.3, -0.25) is 9.71 Å². The molecule has 0 aliphatic carbocycles. The summed E-state index contributed by atoms with van der Waals surface area (Å²) in [6, 6.07) is 6.48. The van der Waals surface area contributed by atoms with Gasteiger partial charge < -0.3 is 0 Å². The highest BCUT2D eigenvalue weighted by Crippen LogP contribution is 2.08. The molecule has 1 aromatic rings. The zero-order valence-corrected chi connectivity index (χ0v) is 9.80. The lowest BCUT2D eigenvalue weighted by Crippen LogP contribution is -2.20. The zero-order valence-electron chi connectivity index (χ0n) is 6.83. The molecule has 2 nitrogen and oxygen atoms in total. The maximum Gasteiger partial charge on any atom is 0.0419 e. The first-order valence-corrected chi connectivity index (χ1v) is 7.12. The second kappa shape index (κ2) is 5.77. The summed E-state index contributed by atoms with van der Waals surface area (Å²) in [6.07, 6.45) is 2.82. The van der Waals surface area contributed by atoms with Crippen molar-refractivity contribution < 1.29 is 0 Å². The number of nitrogens with one attached hydrogen (secondary N) is 1. The van der Waals surface area contributed by atoms with Gasteiger partial charge in [-0.05, 0) is 28.2 Å². The summed E-state index contributed by atoms with van der Waals surface area (Å²) in [5, 5.41) is 0. The Morgan fingerprint density at radius 3 is 3.08 bits per heavy atom. The second-order valence-electron chi connectivity index (χ2n) is 2.62. The first-order chi connectivity index (χ1) is 5.83. The molecule has 1 unspecified atom stereocenters. The third-order valence-corrected chi connectivity index (χ3v) is 2.74. The fourth-order valence-corrected chi connectivity index (χ4v) is 2.49. The van der Waals surface area contributed by atoms with Crippen molar-refractivity contribution >= 4 is 30.3 Å². The van der Waals surface area contributed by atoms with Crippen LogP contribution in [0.1, 0.15) is 12.6 Å². The number of aromatic nitrogens is 1. The Balaban J connectivity index is 2.41. The molecule has 0 bridgehead atoms. The van der Waals surface area contributed by atoms with Crippen molar-refractivity contribution in [1.82, 2.24) is 9.71 Å². The Kier molecular flexibility index (Phi) is 4.94. The molecule has 1 aromatic heterocycles. The van der Waals surface area contributed by atoms with Gasteiger partial charge in [0.2, 0.25) is 0 Å². The number of pyridine rings is 1. The van der Waals surface area contributed by atoms with Gasteiger partial charge in [0, 0.05) is 45.6 Å². The van der Waals surface area contributed by atoms with Crippen LogP contribution in [0.15, 0.2) is 24.4 Å². The van der Waals surface area contributed by atoms with Gasteiger partial charge in [-0.2, -0.15) is 0 Å². The van der Waals surface area contributed by atoms with E-state index in [0.29, 0.717) is 6.04 Å². The summed E-state index contributed by atoms with van der Waals surface area (Å²) in [5.74, 6) is 0. The molecule has 0 aromatic carbocycles. The minimum absolute atomic E-state index is 0.474. The molecular formula is C8H11IN2S. The summed E-state index contributed by atoms with van der Waals surface area (Å²) >= 11 is 2.23. The van der Waals surface area contributed by atoms with Gasteiger partial charge >= 0.3 is 0 Å². The molecule has 66 valence electrons. The van der Waals surface area contributed by atoms with Crippen LogP contribution in [0.5, 0.6) is 0 Å². The molecule has 1 rings (SSSR count). The number of nitrogens with zero attached hydrogens (tertiary/aromatic N) is 1. The monoisotopic (exact) mass is 294 g/mol. The van der Waals surface area contributed by atoms with E-state index in [9.17, 15) is 0 Å². The topological polar surface area (TPSA) is 24.9 Å². The van der Waals surface area contributed by atoms with E-state index >= 15 is 0 Å². The number of rotatable bonds is 4.